The molecule has 1 aromatic heterocycles. The molecule has 0 bridgehead atoms. The summed E-state index contributed by atoms with van der Waals surface area (Å²) in [5.41, 5.74) is 2.58. The van der Waals surface area contributed by atoms with E-state index in [2.05, 4.69) is 22.2 Å². The van der Waals surface area contributed by atoms with Gasteiger partial charge in [-0.1, -0.05) is 19.8 Å². The van der Waals surface area contributed by atoms with E-state index in [-0.39, 0.29) is 0 Å². The summed E-state index contributed by atoms with van der Waals surface area (Å²) in [7, 11) is 0. The van der Waals surface area contributed by atoms with Gasteiger partial charge in [0, 0.05) is 18.7 Å². The SMILES string of the molecule is CCCCC1NCCc2[nH]cnc21. The van der Waals surface area contributed by atoms with Crippen molar-refractivity contribution in [3.63, 3.8) is 0 Å². The number of hydrogen-bond acceptors (Lipinski definition) is 2. The molecule has 3 heteroatoms. The highest BCUT2D eigenvalue weighted by atomic mass is 15.0. The van der Waals surface area contributed by atoms with Crippen LogP contribution in [0.5, 0.6) is 0 Å². The zero-order valence-corrected chi connectivity index (χ0v) is 8.14. The van der Waals surface area contributed by atoms with E-state index in [1.54, 1.807) is 0 Å². The van der Waals surface area contributed by atoms with Gasteiger partial charge in [0.15, 0.2) is 0 Å². The zero-order valence-electron chi connectivity index (χ0n) is 8.14. The summed E-state index contributed by atoms with van der Waals surface area (Å²) in [6.45, 7) is 3.32. The number of imidazole rings is 1. The van der Waals surface area contributed by atoms with Crippen molar-refractivity contribution < 1.29 is 0 Å². The van der Waals surface area contributed by atoms with Crippen LogP contribution in [-0.4, -0.2) is 16.5 Å². The van der Waals surface area contributed by atoms with E-state index < -0.39 is 0 Å². The van der Waals surface area contributed by atoms with Gasteiger partial charge in [-0.3, -0.25) is 0 Å². The van der Waals surface area contributed by atoms with Crippen LogP contribution in [-0.2, 0) is 6.42 Å². The highest BCUT2D eigenvalue weighted by molar-refractivity contribution is 5.18. The van der Waals surface area contributed by atoms with Crippen LogP contribution >= 0.6 is 0 Å². The van der Waals surface area contributed by atoms with Crippen molar-refractivity contribution in [2.24, 2.45) is 0 Å². The lowest BCUT2D eigenvalue weighted by molar-refractivity contribution is 0.450. The van der Waals surface area contributed by atoms with E-state index in [9.17, 15) is 0 Å². The molecule has 0 radical (unpaired) electrons. The first-order valence-electron chi connectivity index (χ1n) is 5.17. The molecular formula is C10H17N3. The van der Waals surface area contributed by atoms with Crippen LogP contribution in [0.25, 0.3) is 0 Å². The van der Waals surface area contributed by atoms with Crippen LogP contribution < -0.4 is 5.32 Å². The monoisotopic (exact) mass is 179 g/mol. The van der Waals surface area contributed by atoms with E-state index in [1.807, 2.05) is 6.33 Å². The summed E-state index contributed by atoms with van der Waals surface area (Å²) in [6.07, 6.45) is 6.67. The fraction of sp³-hybridized carbons (Fsp3) is 0.700. The molecule has 2 N–H and O–H groups in total. The molecule has 0 aromatic carbocycles. The summed E-state index contributed by atoms with van der Waals surface area (Å²) in [5.74, 6) is 0. The average molecular weight is 179 g/mol. The predicted octanol–water partition coefficient (Wildman–Crippen LogP) is 1.79. The van der Waals surface area contributed by atoms with Crippen molar-refractivity contribution in [2.75, 3.05) is 6.54 Å². The van der Waals surface area contributed by atoms with Crippen LogP contribution in [0.3, 0.4) is 0 Å². The maximum atomic E-state index is 4.37. The Kier molecular flexibility index (Phi) is 2.64. The third kappa shape index (κ3) is 1.75. The van der Waals surface area contributed by atoms with E-state index in [0.717, 1.165) is 13.0 Å². The molecule has 0 amide bonds. The molecule has 0 saturated carbocycles. The van der Waals surface area contributed by atoms with Gasteiger partial charge in [0.2, 0.25) is 0 Å². The Hall–Kier alpha value is -0.830. The Morgan fingerprint density at radius 1 is 1.62 bits per heavy atom. The molecule has 0 fully saturated rings. The van der Waals surface area contributed by atoms with Gasteiger partial charge in [-0.05, 0) is 6.42 Å². The first-order valence-corrected chi connectivity index (χ1v) is 5.17. The van der Waals surface area contributed by atoms with Crippen molar-refractivity contribution in [1.82, 2.24) is 15.3 Å². The Balaban J connectivity index is 2.07. The van der Waals surface area contributed by atoms with E-state index in [4.69, 9.17) is 0 Å². The van der Waals surface area contributed by atoms with Crippen molar-refractivity contribution in [2.45, 2.75) is 38.6 Å². The molecule has 13 heavy (non-hydrogen) atoms. The molecule has 2 rings (SSSR count). The highest BCUT2D eigenvalue weighted by Crippen LogP contribution is 2.23. The number of nitrogens with zero attached hydrogens (tertiary/aromatic N) is 1. The number of nitrogens with one attached hydrogen (secondary N) is 2. The van der Waals surface area contributed by atoms with Crippen LogP contribution in [0.15, 0.2) is 6.33 Å². The van der Waals surface area contributed by atoms with Crippen molar-refractivity contribution in [1.29, 1.82) is 0 Å². The van der Waals surface area contributed by atoms with E-state index in [1.165, 1.54) is 30.7 Å². The number of aromatic nitrogens is 2. The summed E-state index contributed by atoms with van der Waals surface area (Å²) < 4.78 is 0. The molecule has 1 aliphatic rings. The molecule has 2 heterocycles. The Morgan fingerprint density at radius 2 is 2.54 bits per heavy atom. The second-order valence-electron chi connectivity index (χ2n) is 3.67. The van der Waals surface area contributed by atoms with Gasteiger partial charge in [0.1, 0.15) is 0 Å². The highest BCUT2D eigenvalue weighted by Gasteiger charge is 2.20. The number of fused-ring (bicyclic) bond motifs is 1. The summed E-state index contributed by atoms with van der Waals surface area (Å²) in [5, 5.41) is 3.51. The van der Waals surface area contributed by atoms with Gasteiger partial charge >= 0.3 is 0 Å². The lowest BCUT2D eigenvalue weighted by Crippen LogP contribution is -2.29. The molecule has 0 saturated heterocycles. The van der Waals surface area contributed by atoms with E-state index in [0.29, 0.717) is 6.04 Å². The van der Waals surface area contributed by atoms with Crippen molar-refractivity contribution in [3.05, 3.63) is 17.7 Å². The van der Waals surface area contributed by atoms with Crippen LogP contribution in [0.4, 0.5) is 0 Å². The lowest BCUT2D eigenvalue weighted by atomic mass is 10.0. The summed E-state index contributed by atoms with van der Waals surface area (Å²) in [4.78, 5) is 7.59. The lowest BCUT2D eigenvalue weighted by Gasteiger charge is -2.22. The zero-order chi connectivity index (χ0) is 9.10. The number of aromatic amines is 1. The van der Waals surface area contributed by atoms with E-state index >= 15 is 0 Å². The first kappa shape index (κ1) is 8.75. The molecule has 72 valence electrons. The van der Waals surface area contributed by atoms with Gasteiger partial charge in [0.25, 0.3) is 0 Å². The Labute approximate surface area is 79.0 Å². The van der Waals surface area contributed by atoms with Crippen molar-refractivity contribution >= 4 is 0 Å². The standard InChI is InChI=1S/C10H17N3/c1-2-3-4-8-10-9(5-6-11-8)12-7-13-10/h7-8,11H,2-6H2,1H3,(H,12,13). The van der Waals surface area contributed by atoms with Crippen molar-refractivity contribution in [3.8, 4) is 0 Å². The third-order valence-corrected chi connectivity index (χ3v) is 2.69. The van der Waals surface area contributed by atoms with Crippen LogP contribution in [0.2, 0.25) is 0 Å². The normalized spacial score (nSPS) is 21.5. The van der Waals surface area contributed by atoms with Crippen LogP contribution in [0, 0.1) is 0 Å². The number of H-pyrrole nitrogens is 1. The minimum atomic E-state index is 0.495. The maximum Gasteiger partial charge on any atom is 0.0925 e. The van der Waals surface area contributed by atoms with Gasteiger partial charge < -0.3 is 10.3 Å². The molecule has 0 spiro atoms. The molecule has 1 aromatic rings. The second kappa shape index (κ2) is 3.92. The summed E-state index contributed by atoms with van der Waals surface area (Å²) >= 11 is 0. The predicted molar refractivity (Wildman–Crippen MR) is 52.6 cm³/mol. The molecule has 1 atom stereocenters. The van der Waals surface area contributed by atoms with Crippen LogP contribution in [0.1, 0.15) is 43.6 Å². The molecule has 1 aliphatic heterocycles. The Bertz CT molecular complexity index is 267. The van der Waals surface area contributed by atoms with Gasteiger partial charge in [-0.25, -0.2) is 4.98 Å². The molecule has 3 nitrogen and oxygen atoms in total. The number of rotatable bonds is 3. The van der Waals surface area contributed by atoms with Gasteiger partial charge in [0.05, 0.1) is 18.1 Å². The molecule has 1 unspecified atom stereocenters. The third-order valence-electron chi connectivity index (χ3n) is 2.69. The van der Waals surface area contributed by atoms with Gasteiger partial charge in [-0.15, -0.1) is 0 Å². The molecule has 0 aliphatic carbocycles. The fourth-order valence-corrected chi connectivity index (χ4v) is 1.95. The largest absolute Gasteiger partial charge is 0.348 e. The van der Waals surface area contributed by atoms with Gasteiger partial charge in [-0.2, -0.15) is 0 Å². The summed E-state index contributed by atoms with van der Waals surface area (Å²) in [6, 6.07) is 0.495. The maximum absolute atomic E-state index is 4.37. The second-order valence-corrected chi connectivity index (χ2v) is 3.67. The first-order chi connectivity index (χ1) is 6.42. The number of hydrogen-bond donors (Lipinski definition) is 2. The topological polar surface area (TPSA) is 40.7 Å². The fourth-order valence-electron chi connectivity index (χ4n) is 1.95. The Morgan fingerprint density at radius 3 is 3.38 bits per heavy atom. The average Bonchev–Trinajstić information content (AvgIpc) is 2.62. The minimum Gasteiger partial charge on any atom is -0.348 e. The quantitative estimate of drug-likeness (QED) is 0.742. The number of unbranched alkanes of at least 4 members (excludes halogenated alkanes) is 1. The smallest absolute Gasteiger partial charge is 0.0925 e. The minimum absolute atomic E-state index is 0.495. The molecular weight excluding hydrogens is 162 g/mol.